The summed E-state index contributed by atoms with van der Waals surface area (Å²) in [5, 5.41) is 7.89. The molecule has 2 aromatic rings. The normalized spacial score (nSPS) is 12.0. The summed E-state index contributed by atoms with van der Waals surface area (Å²) in [5.74, 6) is 0.541. The summed E-state index contributed by atoms with van der Waals surface area (Å²) >= 11 is 1.79. The van der Waals surface area contributed by atoms with Crippen LogP contribution in [-0.2, 0) is 11.2 Å². The lowest BCUT2D eigenvalue weighted by Gasteiger charge is -2.13. The molecule has 0 spiro atoms. The standard InChI is InChI=1S/C14H19N5OS/c1-9-6-7-21-12(9)5-4-10(2)17-13-15-8-16-14(19-13)18-11(3)20/h6-8,10H,4-5H2,1-3H3,(H2,15,16,17,18,19,20). The van der Waals surface area contributed by atoms with Crippen LogP contribution in [0.2, 0.25) is 0 Å². The van der Waals surface area contributed by atoms with Gasteiger partial charge in [0.1, 0.15) is 6.33 Å². The molecular weight excluding hydrogens is 286 g/mol. The molecule has 2 rings (SSSR count). The first-order chi connectivity index (χ1) is 10.0. The highest BCUT2D eigenvalue weighted by Crippen LogP contribution is 2.18. The maximum absolute atomic E-state index is 11.0. The SMILES string of the molecule is CC(=O)Nc1ncnc(NC(C)CCc2sccc2C)n1. The van der Waals surface area contributed by atoms with E-state index in [0.717, 1.165) is 12.8 Å². The van der Waals surface area contributed by atoms with E-state index >= 15 is 0 Å². The van der Waals surface area contributed by atoms with Crippen LogP contribution in [0.3, 0.4) is 0 Å². The van der Waals surface area contributed by atoms with Crippen LogP contribution < -0.4 is 10.6 Å². The van der Waals surface area contributed by atoms with Crippen LogP contribution in [0.1, 0.15) is 30.7 Å². The van der Waals surface area contributed by atoms with Gasteiger partial charge in [0.2, 0.25) is 17.8 Å². The molecule has 112 valence electrons. The van der Waals surface area contributed by atoms with Gasteiger partial charge in [0.05, 0.1) is 0 Å². The van der Waals surface area contributed by atoms with E-state index in [9.17, 15) is 4.79 Å². The molecule has 2 N–H and O–H groups in total. The molecule has 0 fully saturated rings. The molecule has 0 aliphatic carbocycles. The number of anilines is 2. The van der Waals surface area contributed by atoms with Crippen LogP contribution in [0.4, 0.5) is 11.9 Å². The number of carbonyl (C=O) groups is 1. The van der Waals surface area contributed by atoms with Crippen molar-refractivity contribution < 1.29 is 4.79 Å². The third-order valence-electron chi connectivity index (χ3n) is 3.01. The Balaban J connectivity index is 1.88. The van der Waals surface area contributed by atoms with Crippen molar-refractivity contribution in [3.05, 3.63) is 28.2 Å². The molecule has 1 amide bonds. The molecule has 7 heteroatoms. The summed E-state index contributed by atoms with van der Waals surface area (Å²) in [6.45, 7) is 5.64. The van der Waals surface area contributed by atoms with Crippen molar-refractivity contribution in [3.8, 4) is 0 Å². The van der Waals surface area contributed by atoms with Crippen LogP contribution in [0, 0.1) is 6.92 Å². The van der Waals surface area contributed by atoms with Gasteiger partial charge in [-0.25, -0.2) is 9.97 Å². The average molecular weight is 305 g/mol. The maximum atomic E-state index is 11.0. The zero-order valence-electron chi connectivity index (χ0n) is 12.4. The van der Waals surface area contributed by atoms with Crippen LogP contribution >= 0.6 is 11.3 Å². The number of aryl methyl sites for hydroxylation is 2. The highest BCUT2D eigenvalue weighted by Gasteiger charge is 2.08. The molecule has 2 heterocycles. The second-order valence-electron chi connectivity index (χ2n) is 4.92. The number of nitrogens with zero attached hydrogens (tertiary/aromatic N) is 3. The van der Waals surface area contributed by atoms with Crippen molar-refractivity contribution >= 4 is 29.1 Å². The van der Waals surface area contributed by atoms with E-state index in [1.807, 2.05) is 0 Å². The molecule has 1 unspecified atom stereocenters. The summed E-state index contributed by atoms with van der Waals surface area (Å²) in [5.41, 5.74) is 1.35. The van der Waals surface area contributed by atoms with E-state index in [1.165, 1.54) is 23.7 Å². The smallest absolute Gasteiger partial charge is 0.234 e. The number of carbonyl (C=O) groups excluding carboxylic acids is 1. The fraction of sp³-hybridized carbons (Fsp3) is 0.429. The Hall–Kier alpha value is -2.02. The van der Waals surface area contributed by atoms with Crippen molar-refractivity contribution in [2.75, 3.05) is 10.6 Å². The second kappa shape index (κ2) is 7.12. The van der Waals surface area contributed by atoms with E-state index in [1.54, 1.807) is 11.3 Å². The van der Waals surface area contributed by atoms with Gasteiger partial charge in [-0.2, -0.15) is 4.98 Å². The van der Waals surface area contributed by atoms with Gasteiger partial charge >= 0.3 is 0 Å². The van der Waals surface area contributed by atoms with Crippen molar-refractivity contribution in [3.63, 3.8) is 0 Å². The predicted molar refractivity (Wildman–Crippen MR) is 84.6 cm³/mol. The van der Waals surface area contributed by atoms with Gasteiger partial charge in [0.25, 0.3) is 0 Å². The largest absolute Gasteiger partial charge is 0.352 e. The molecular formula is C14H19N5OS. The molecule has 0 radical (unpaired) electrons. The summed E-state index contributed by atoms with van der Waals surface area (Å²) in [6.07, 6.45) is 3.40. The van der Waals surface area contributed by atoms with Crippen LogP contribution in [0.15, 0.2) is 17.8 Å². The fourth-order valence-corrected chi connectivity index (χ4v) is 2.81. The van der Waals surface area contributed by atoms with Crippen LogP contribution in [0.5, 0.6) is 0 Å². The molecule has 0 aliphatic rings. The number of aromatic nitrogens is 3. The quantitative estimate of drug-likeness (QED) is 0.857. The Labute approximate surface area is 128 Å². The van der Waals surface area contributed by atoms with Crippen LogP contribution in [-0.4, -0.2) is 26.9 Å². The number of amides is 1. The highest BCUT2D eigenvalue weighted by molar-refractivity contribution is 7.10. The summed E-state index contributed by atoms with van der Waals surface area (Å²) in [6, 6.07) is 2.38. The molecule has 21 heavy (non-hydrogen) atoms. The summed E-state index contributed by atoms with van der Waals surface area (Å²) in [4.78, 5) is 24.5. The van der Waals surface area contributed by atoms with Crippen molar-refractivity contribution in [1.82, 2.24) is 15.0 Å². The minimum Gasteiger partial charge on any atom is -0.352 e. The van der Waals surface area contributed by atoms with Crippen molar-refractivity contribution in [1.29, 1.82) is 0 Å². The van der Waals surface area contributed by atoms with E-state index < -0.39 is 0 Å². The molecule has 6 nitrogen and oxygen atoms in total. The minimum atomic E-state index is -0.201. The Morgan fingerprint density at radius 3 is 2.81 bits per heavy atom. The van der Waals surface area contributed by atoms with Gasteiger partial charge in [-0.1, -0.05) is 0 Å². The first kappa shape index (κ1) is 15.4. The lowest BCUT2D eigenvalue weighted by molar-refractivity contribution is -0.114. The Morgan fingerprint density at radius 1 is 1.38 bits per heavy atom. The molecule has 0 bridgehead atoms. The third-order valence-corrected chi connectivity index (χ3v) is 4.09. The molecule has 2 aromatic heterocycles. The first-order valence-electron chi connectivity index (χ1n) is 6.80. The fourth-order valence-electron chi connectivity index (χ4n) is 1.88. The van der Waals surface area contributed by atoms with E-state index in [-0.39, 0.29) is 17.9 Å². The van der Waals surface area contributed by atoms with Gasteiger partial charge in [0.15, 0.2) is 0 Å². The Kier molecular flexibility index (Phi) is 5.21. The summed E-state index contributed by atoms with van der Waals surface area (Å²) in [7, 11) is 0. The number of hydrogen-bond acceptors (Lipinski definition) is 6. The highest BCUT2D eigenvalue weighted by atomic mass is 32.1. The van der Waals surface area contributed by atoms with Gasteiger partial charge in [-0.15, -0.1) is 11.3 Å². The van der Waals surface area contributed by atoms with Gasteiger partial charge < -0.3 is 5.32 Å². The third kappa shape index (κ3) is 4.78. The topological polar surface area (TPSA) is 79.8 Å². The van der Waals surface area contributed by atoms with Crippen molar-refractivity contribution in [2.24, 2.45) is 0 Å². The lowest BCUT2D eigenvalue weighted by Crippen LogP contribution is -2.19. The average Bonchev–Trinajstić information content (AvgIpc) is 2.81. The van der Waals surface area contributed by atoms with Crippen LogP contribution in [0.25, 0.3) is 0 Å². The molecule has 0 aliphatic heterocycles. The first-order valence-corrected chi connectivity index (χ1v) is 7.68. The lowest BCUT2D eigenvalue weighted by atomic mass is 10.1. The number of nitrogens with one attached hydrogen (secondary N) is 2. The molecule has 0 saturated heterocycles. The molecule has 0 saturated carbocycles. The summed E-state index contributed by atoms with van der Waals surface area (Å²) < 4.78 is 0. The Bertz CT molecular complexity index is 613. The van der Waals surface area contributed by atoms with Crippen molar-refractivity contribution in [2.45, 2.75) is 39.7 Å². The molecule has 1 atom stereocenters. The van der Waals surface area contributed by atoms with Gasteiger partial charge in [-0.3, -0.25) is 10.1 Å². The zero-order chi connectivity index (χ0) is 15.2. The van der Waals surface area contributed by atoms with E-state index in [0.29, 0.717) is 5.95 Å². The maximum Gasteiger partial charge on any atom is 0.234 e. The number of hydrogen-bond donors (Lipinski definition) is 2. The predicted octanol–water partition coefficient (Wildman–Crippen LogP) is 2.63. The van der Waals surface area contributed by atoms with Gasteiger partial charge in [-0.05, 0) is 43.7 Å². The zero-order valence-corrected chi connectivity index (χ0v) is 13.2. The second-order valence-corrected chi connectivity index (χ2v) is 5.93. The number of rotatable bonds is 6. The monoisotopic (exact) mass is 305 g/mol. The number of thiophene rings is 1. The molecule has 0 aromatic carbocycles. The van der Waals surface area contributed by atoms with Gasteiger partial charge in [0, 0.05) is 17.8 Å². The minimum absolute atomic E-state index is 0.201. The Morgan fingerprint density at radius 2 is 2.14 bits per heavy atom. The van der Waals surface area contributed by atoms with E-state index in [2.05, 4.69) is 50.9 Å². The van der Waals surface area contributed by atoms with E-state index in [4.69, 9.17) is 0 Å².